The van der Waals surface area contributed by atoms with Gasteiger partial charge in [0, 0.05) is 0 Å². The lowest BCUT2D eigenvalue weighted by molar-refractivity contribution is 0.254. The minimum Gasteiger partial charge on any atom is -0.384 e. The molecule has 0 amide bonds. The smallest absolute Gasteiger partial charge is 0.0961 e. The first-order chi connectivity index (χ1) is 8.29. The zero-order valence-electron chi connectivity index (χ0n) is 11.5. The Morgan fingerprint density at radius 1 is 0.941 bits per heavy atom. The third kappa shape index (κ3) is 5.08. The van der Waals surface area contributed by atoms with E-state index < -0.39 is 0 Å². The van der Waals surface area contributed by atoms with Gasteiger partial charge >= 0.3 is 0 Å². The fourth-order valence-corrected chi connectivity index (χ4v) is 2.42. The van der Waals surface area contributed by atoms with Crippen LogP contribution in [0, 0.1) is 0 Å². The molecule has 1 nitrogen and oxygen atoms in total. The minimum absolute atomic E-state index is 0.257. The molecule has 1 rings (SSSR count). The summed E-state index contributed by atoms with van der Waals surface area (Å²) in [6.45, 7) is 4.42. The molecule has 0 aromatic rings. The molecule has 98 valence electrons. The predicted octanol–water partition coefficient (Wildman–Crippen LogP) is 4.76. The molecule has 0 saturated heterocycles. The monoisotopic (exact) mass is 236 g/mol. The van der Waals surface area contributed by atoms with Crippen molar-refractivity contribution in [2.45, 2.75) is 77.7 Å². The van der Waals surface area contributed by atoms with Crippen LogP contribution in [0.2, 0.25) is 0 Å². The summed E-state index contributed by atoms with van der Waals surface area (Å²) in [5.74, 6) is 0. The van der Waals surface area contributed by atoms with Crippen molar-refractivity contribution in [1.29, 1.82) is 0 Å². The van der Waals surface area contributed by atoms with Gasteiger partial charge in [0.25, 0.3) is 0 Å². The van der Waals surface area contributed by atoms with E-state index in [1.807, 2.05) is 0 Å². The molecule has 17 heavy (non-hydrogen) atoms. The second-order valence-corrected chi connectivity index (χ2v) is 5.10. The number of unbranched alkanes of at least 4 members (excludes halogenated alkanes) is 5. The van der Waals surface area contributed by atoms with Gasteiger partial charge in [-0.1, -0.05) is 51.7 Å². The van der Waals surface area contributed by atoms with Crippen LogP contribution in [0.1, 0.15) is 71.6 Å². The van der Waals surface area contributed by atoms with E-state index in [-0.39, 0.29) is 6.10 Å². The van der Waals surface area contributed by atoms with Gasteiger partial charge in [0.15, 0.2) is 0 Å². The maximum Gasteiger partial charge on any atom is 0.0961 e. The standard InChI is InChI=1S/C16H28O/c1-3-5-7-8-9-11-15-13-12-14(16(15)17)10-6-4-2/h10-11,16-17H,3-9,12-13H2,1-2H3/b14-10+,15-11-. The molecule has 1 unspecified atom stereocenters. The fourth-order valence-electron chi connectivity index (χ4n) is 2.42. The molecule has 0 bridgehead atoms. The molecule has 0 aromatic heterocycles. The van der Waals surface area contributed by atoms with E-state index >= 15 is 0 Å². The third-order valence-electron chi connectivity index (χ3n) is 3.56. The van der Waals surface area contributed by atoms with E-state index in [4.69, 9.17) is 0 Å². The molecular formula is C16H28O. The van der Waals surface area contributed by atoms with Crippen LogP contribution >= 0.6 is 0 Å². The summed E-state index contributed by atoms with van der Waals surface area (Å²) < 4.78 is 0. The third-order valence-corrected chi connectivity index (χ3v) is 3.56. The van der Waals surface area contributed by atoms with E-state index in [2.05, 4.69) is 26.0 Å². The topological polar surface area (TPSA) is 20.2 Å². The molecule has 1 N–H and O–H groups in total. The van der Waals surface area contributed by atoms with Gasteiger partial charge in [0.2, 0.25) is 0 Å². The van der Waals surface area contributed by atoms with Gasteiger partial charge in [-0.25, -0.2) is 0 Å². The second kappa shape index (κ2) is 8.52. The van der Waals surface area contributed by atoms with Crippen LogP contribution in [-0.2, 0) is 0 Å². The molecule has 0 radical (unpaired) electrons. The number of hydrogen-bond donors (Lipinski definition) is 1. The first kappa shape index (κ1) is 14.5. The van der Waals surface area contributed by atoms with E-state index in [9.17, 15) is 5.11 Å². The molecule has 0 aliphatic heterocycles. The fraction of sp³-hybridized carbons (Fsp3) is 0.750. The van der Waals surface area contributed by atoms with E-state index in [0.29, 0.717) is 0 Å². The Labute approximate surface area is 107 Å². The van der Waals surface area contributed by atoms with Crippen LogP contribution in [0.3, 0.4) is 0 Å². The first-order valence-electron chi connectivity index (χ1n) is 7.35. The second-order valence-electron chi connectivity index (χ2n) is 5.10. The SMILES string of the molecule is CCC/C=C1\CC/C(=C/CCCCCC)C1O. The molecule has 1 saturated carbocycles. The Hall–Kier alpha value is -0.560. The van der Waals surface area contributed by atoms with Crippen LogP contribution < -0.4 is 0 Å². The number of rotatable bonds is 7. The highest BCUT2D eigenvalue weighted by Gasteiger charge is 2.22. The van der Waals surface area contributed by atoms with Crippen molar-refractivity contribution in [2.24, 2.45) is 0 Å². The zero-order chi connectivity index (χ0) is 12.5. The van der Waals surface area contributed by atoms with Crippen molar-refractivity contribution in [2.75, 3.05) is 0 Å². The molecule has 1 aliphatic carbocycles. The van der Waals surface area contributed by atoms with Crippen LogP contribution in [0.15, 0.2) is 23.3 Å². The number of hydrogen-bond acceptors (Lipinski definition) is 1. The molecule has 1 fully saturated rings. The first-order valence-corrected chi connectivity index (χ1v) is 7.35. The lowest BCUT2D eigenvalue weighted by atomic mass is 10.1. The van der Waals surface area contributed by atoms with Crippen molar-refractivity contribution < 1.29 is 5.11 Å². The highest BCUT2D eigenvalue weighted by Crippen LogP contribution is 2.31. The summed E-state index contributed by atoms with van der Waals surface area (Å²) >= 11 is 0. The number of aliphatic hydroxyl groups is 1. The summed E-state index contributed by atoms with van der Waals surface area (Å²) in [6.07, 6.45) is 15.1. The molecule has 0 heterocycles. The Bertz CT molecular complexity index is 263. The largest absolute Gasteiger partial charge is 0.384 e. The highest BCUT2D eigenvalue weighted by molar-refractivity contribution is 5.30. The Morgan fingerprint density at radius 3 is 2.18 bits per heavy atom. The van der Waals surface area contributed by atoms with Crippen LogP contribution in [0.4, 0.5) is 0 Å². The van der Waals surface area contributed by atoms with Crippen LogP contribution in [0.25, 0.3) is 0 Å². The Balaban J connectivity index is 2.33. The lowest BCUT2D eigenvalue weighted by Crippen LogP contribution is -2.05. The number of allylic oxidation sites excluding steroid dienone is 2. The summed E-state index contributed by atoms with van der Waals surface area (Å²) in [6, 6.07) is 0. The summed E-state index contributed by atoms with van der Waals surface area (Å²) in [4.78, 5) is 0. The predicted molar refractivity (Wildman–Crippen MR) is 75.1 cm³/mol. The average Bonchev–Trinajstić information content (AvgIpc) is 2.68. The molecule has 1 aliphatic rings. The summed E-state index contributed by atoms with van der Waals surface area (Å²) in [5, 5.41) is 10.1. The van der Waals surface area contributed by atoms with Gasteiger partial charge in [-0.15, -0.1) is 0 Å². The Morgan fingerprint density at radius 2 is 1.59 bits per heavy atom. The van der Waals surface area contributed by atoms with Gasteiger partial charge in [0.05, 0.1) is 6.10 Å². The molecule has 1 heteroatoms. The summed E-state index contributed by atoms with van der Waals surface area (Å²) in [7, 11) is 0. The molecule has 1 atom stereocenters. The van der Waals surface area contributed by atoms with Gasteiger partial charge < -0.3 is 5.11 Å². The maximum absolute atomic E-state index is 10.1. The van der Waals surface area contributed by atoms with Crippen molar-refractivity contribution in [1.82, 2.24) is 0 Å². The Kier molecular flexibility index (Phi) is 7.27. The summed E-state index contributed by atoms with van der Waals surface area (Å²) in [5.41, 5.74) is 2.52. The van der Waals surface area contributed by atoms with Crippen LogP contribution in [-0.4, -0.2) is 11.2 Å². The van der Waals surface area contributed by atoms with Crippen molar-refractivity contribution in [3.8, 4) is 0 Å². The van der Waals surface area contributed by atoms with Crippen molar-refractivity contribution >= 4 is 0 Å². The van der Waals surface area contributed by atoms with Gasteiger partial charge in [-0.05, 0) is 43.3 Å². The maximum atomic E-state index is 10.1. The highest BCUT2D eigenvalue weighted by atomic mass is 16.3. The zero-order valence-corrected chi connectivity index (χ0v) is 11.5. The minimum atomic E-state index is -0.257. The lowest BCUT2D eigenvalue weighted by Gasteiger charge is -2.06. The van der Waals surface area contributed by atoms with Crippen molar-refractivity contribution in [3.05, 3.63) is 23.3 Å². The van der Waals surface area contributed by atoms with Crippen LogP contribution in [0.5, 0.6) is 0 Å². The number of aliphatic hydroxyl groups excluding tert-OH is 1. The van der Waals surface area contributed by atoms with Gasteiger partial charge in [-0.2, -0.15) is 0 Å². The molecular weight excluding hydrogens is 208 g/mol. The van der Waals surface area contributed by atoms with Gasteiger partial charge in [0.1, 0.15) is 0 Å². The average molecular weight is 236 g/mol. The van der Waals surface area contributed by atoms with E-state index in [0.717, 1.165) is 25.7 Å². The molecule has 0 aromatic carbocycles. The normalized spacial score (nSPS) is 25.0. The quantitative estimate of drug-likeness (QED) is 0.499. The van der Waals surface area contributed by atoms with E-state index in [1.54, 1.807) is 0 Å². The van der Waals surface area contributed by atoms with E-state index in [1.165, 1.54) is 43.3 Å². The molecule has 0 spiro atoms. The van der Waals surface area contributed by atoms with Gasteiger partial charge in [-0.3, -0.25) is 0 Å². The van der Waals surface area contributed by atoms with Crippen molar-refractivity contribution in [3.63, 3.8) is 0 Å².